The van der Waals surface area contributed by atoms with Crippen molar-refractivity contribution in [1.82, 2.24) is 15.1 Å². The molecule has 0 atom stereocenters. The highest BCUT2D eigenvalue weighted by Gasteiger charge is 2.11. The monoisotopic (exact) mass is 275 g/mol. The van der Waals surface area contributed by atoms with Crippen molar-refractivity contribution >= 4 is 0 Å². The Balaban J connectivity index is 2.14. The van der Waals surface area contributed by atoms with Crippen LogP contribution in [0.15, 0.2) is 30.5 Å². The number of aromatic nitrogens is 2. The maximum absolute atomic E-state index is 13.3. The molecule has 0 bridgehead atoms. The molecule has 1 heterocycles. The van der Waals surface area contributed by atoms with Gasteiger partial charge in [0.05, 0.1) is 12.2 Å². The van der Waals surface area contributed by atoms with Crippen molar-refractivity contribution in [3.8, 4) is 0 Å². The lowest BCUT2D eigenvalue weighted by Crippen LogP contribution is -2.35. The molecule has 0 aliphatic heterocycles. The predicted octanol–water partition coefficient (Wildman–Crippen LogP) is 3.27. The molecule has 0 amide bonds. The smallest absolute Gasteiger partial charge is 0.123 e. The van der Waals surface area contributed by atoms with Crippen molar-refractivity contribution in [2.45, 2.75) is 46.3 Å². The zero-order valence-corrected chi connectivity index (χ0v) is 12.6. The number of hydrogen-bond donors (Lipinski definition) is 1. The number of nitrogens with zero attached hydrogens (tertiary/aromatic N) is 2. The fourth-order valence-corrected chi connectivity index (χ4v) is 1.98. The summed E-state index contributed by atoms with van der Waals surface area (Å²) in [7, 11) is 0. The van der Waals surface area contributed by atoms with E-state index in [1.807, 2.05) is 17.7 Å². The molecule has 0 radical (unpaired) electrons. The van der Waals surface area contributed by atoms with Crippen LogP contribution in [0, 0.1) is 12.7 Å². The highest BCUT2D eigenvalue weighted by atomic mass is 19.1. The van der Waals surface area contributed by atoms with Crippen molar-refractivity contribution in [1.29, 1.82) is 0 Å². The summed E-state index contributed by atoms with van der Waals surface area (Å²) < 4.78 is 15.3. The molecule has 1 aromatic heterocycles. The molecule has 2 aromatic rings. The molecule has 108 valence electrons. The molecular formula is C16H22FN3. The van der Waals surface area contributed by atoms with Crippen molar-refractivity contribution < 1.29 is 4.39 Å². The van der Waals surface area contributed by atoms with E-state index in [0.717, 1.165) is 23.4 Å². The van der Waals surface area contributed by atoms with Crippen LogP contribution in [0.1, 0.15) is 37.6 Å². The largest absolute Gasteiger partial charge is 0.306 e. The molecular weight excluding hydrogens is 253 g/mol. The first-order valence-corrected chi connectivity index (χ1v) is 6.86. The molecule has 0 aliphatic carbocycles. The van der Waals surface area contributed by atoms with Crippen LogP contribution in [0.2, 0.25) is 0 Å². The highest BCUT2D eigenvalue weighted by Crippen LogP contribution is 2.13. The summed E-state index contributed by atoms with van der Waals surface area (Å²) in [6, 6.07) is 6.87. The third-order valence-corrected chi connectivity index (χ3v) is 3.24. The minimum Gasteiger partial charge on any atom is -0.306 e. The van der Waals surface area contributed by atoms with Crippen LogP contribution in [0.3, 0.4) is 0 Å². The minimum absolute atomic E-state index is 0.0594. The third-order valence-electron chi connectivity index (χ3n) is 3.24. The summed E-state index contributed by atoms with van der Waals surface area (Å²) >= 11 is 0. The molecule has 0 spiro atoms. The molecule has 1 aromatic carbocycles. The standard InChI is InChI=1S/C16H22FN3/c1-12-5-6-14(17)9-13(12)11-20-15(7-8-19-20)10-18-16(2,3)4/h5-9,18H,10-11H2,1-4H3. The molecule has 0 saturated heterocycles. The molecule has 0 aliphatic rings. The number of hydrogen-bond acceptors (Lipinski definition) is 2. The number of nitrogens with one attached hydrogen (secondary N) is 1. The summed E-state index contributed by atoms with van der Waals surface area (Å²) in [5.41, 5.74) is 3.20. The van der Waals surface area contributed by atoms with Crippen LogP contribution < -0.4 is 5.32 Å². The summed E-state index contributed by atoms with van der Waals surface area (Å²) in [4.78, 5) is 0. The second-order valence-corrected chi connectivity index (χ2v) is 6.15. The number of halogens is 1. The van der Waals surface area contributed by atoms with E-state index in [9.17, 15) is 4.39 Å². The summed E-state index contributed by atoms with van der Waals surface area (Å²) in [5, 5.41) is 7.78. The lowest BCUT2D eigenvalue weighted by atomic mass is 10.1. The van der Waals surface area contributed by atoms with Crippen LogP contribution in [0.5, 0.6) is 0 Å². The highest BCUT2D eigenvalue weighted by molar-refractivity contribution is 5.27. The first kappa shape index (κ1) is 14.7. The molecule has 0 unspecified atom stereocenters. The molecule has 4 heteroatoms. The van der Waals surface area contributed by atoms with E-state index in [1.54, 1.807) is 18.3 Å². The van der Waals surface area contributed by atoms with Crippen LogP contribution in [-0.4, -0.2) is 15.3 Å². The van der Waals surface area contributed by atoms with Gasteiger partial charge in [-0.1, -0.05) is 6.07 Å². The normalized spacial score (nSPS) is 11.8. The van der Waals surface area contributed by atoms with Gasteiger partial charge in [0.25, 0.3) is 0 Å². The average Bonchev–Trinajstić information content (AvgIpc) is 2.78. The molecule has 0 saturated carbocycles. The average molecular weight is 275 g/mol. The summed E-state index contributed by atoms with van der Waals surface area (Å²) in [5.74, 6) is -0.202. The van der Waals surface area contributed by atoms with Crippen LogP contribution in [0.25, 0.3) is 0 Å². The third kappa shape index (κ3) is 3.90. The molecule has 2 rings (SSSR count). The second kappa shape index (κ2) is 5.75. The van der Waals surface area contributed by atoms with Crippen molar-refractivity contribution in [2.75, 3.05) is 0 Å². The van der Waals surface area contributed by atoms with Crippen molar-refractivity contribution in [3.63, 3.8) is 0 Å². The Morgan fingerprint density at radius 1 is 1.25 bits per heavy atom. The number of aryl methyl sites for hydroxylation is 1. The molecule has 1 N–H and O–H groups in total. The second-order valence-electron chi connectivity index (χ2n) is 6.15. The van der Waals surface area contributed by atoms with Gasteiger partial charge in [-0.15, -0.1) is 0 Å². The van der Waals surface area contributed by atoms with Gasteiger partial charge in [-0.3, -0.25) is 4.68 Å². The lowest BCUT2D eigenvalue weighted by Gasteiger charge is -2.21. The Bertz CT molecular complexity index is 582. The predicted molar refractivity (Wildman–Crippen MR) is 79.1 cm³/mol. The van der Waals surface area contributed by atoms with Crippen molar-refractivity contribution in [2.24, 2.45) is 0 Å². The Hall–Kier alpha value is -1.68. The quantitative estimate of drug-likeness (QED) is 0.928. The van der Waals surface area contributed by atoms with Gasteiger partial charge in [0.2, 0.25) is 0 Å². The number of benzene rings is 1. The maximum Gasteiger partial charge on any atom is 0.123 e. The van der Waals surface area contributed by atoms with E-state index >= 15 is 0 Å². The van der Waals surface area contributed by atoms with E-state index in [0.29, 0.717) is 6.54 Å². The van der Waals surface area contributed by atoms with Gasteiger partial charge in [-0.2, -0.15) is 5.10 Å². The van der Waals surface area contributed by atoms with Crippen molar-refractivity contribution in [3.05, 3.63) is 53.1 Å². The van der Waals surface area contributed by atoms with Crippen LogP contribution >= 0.6 is 0 Å². The number of rotatable bonds is 4. The summed E-state index contributed by atoms with van der Waals surface area (Å²) in [6.45, 7) is 9.72. The van der Waals surface area contributed by atoms with Crippen LogP contribution in [0.4, 0.5) is 4.39 Å². The first-order chi connectivity index (χ1) is 9.35. The van der Waals surface area contributed by atoms with Gasteiger partial charge >= 0.3 is 0 Å². The first-order valence-electron chi connectivity index (χ1n) is 6.86. The Morgan fingerprint density at radius 2 is 2.00 bits per heavy atom. The van der Waals surface area contributed by atoms with E-state index in [4.69, 9.17) is 0 Å². The zero-order chi connectivity index (χ0) is 14.8. The SMILES string of the molecule is Cc1ccc(F)cc1Cn1nccc1CNC(C)(C)C. The van der Waals surface area contributed by atoms with Gasteiger partial charge in [-0.05, 0) is 57.0 Å². The Labute approximate surface area is 119 Å². The zero-order valence-electron chi connectivity index (χ0n) is 12.6. The van der Waals surface area contributed by atoms with Crippen LogP contribution in [-0.2, 0) is 13.1 Å². The fraction of sp³-hybridized carbons (Fsp3) is 0.438. The molecule has 20 heavy (non-hydrogen) atoms. The Kier molecular flexibility index (Phi) is 4.23. The molecule has 3 nitrogen and oxygen atoms in total. The minimum atomic E-state index is -0.202. The van der Waals surface area contributed by atoms with Gasteiger partial charge in [0.15, 0.2) is 0 Å². The fourth-order valence-electron chi connectivity index (χ4n) is 1.98. The van der Waals surface area contributed by atoms with Gasteiger partial charge < -0.3 is 5.32 Å². The molecule has 0 fully saturated rings. The lowest BCUT2D eigenvalue weighted by molar-refractivity contribution is 0.414. The van der Waals surface area contributed by atoms with E-state index in [-0.39, 0.29) is 11.4 Å². The topological polar surface area (TPSA) is 29.9 Å². The van der Waals surface area contributed by atoms with E-state index < -0.39 is 0 Å². The van der Waals surface area contributed by atoms with E-state index in [2.05, 4.69) is 31.2 Å². The van der Waals surface area contributed by atoms with Gasteiger partial charge in [0, 0.05) is 18.3 Å². The maximum atomic E-state index is 13.3. The van der Waals surface area contributed by atoms with Gasteiger partial charge in [0.1, 0.15) is 5.82 Å². The summed E-state index contributed by atoms with van der Waals surface area (Å²) in [6.07, 6.45) is 1.79. The van der Waals surface area contributed by atoms with E-state index in [1.165, 1.54) is 6.07 Å². The Morgan fingerprint density at radius 3 is 2.70 bits per heavy atom. The van der Waals surface area contributed by atoms with Gasteiger partial charge in [-0.25, -0.2) is 4.39 Å².